The molecule has 0 aliphatic carbocycles. The number of hydrogen-bond acceptors (Lipinski definition) is 6. The zero-order valence-electron chi connectivity index (χ0n) is 20.1. The Morgan fingerprint density at radius 1 is 0.737 bits per heavy atom. The van der Waals surface area contributed by atoms with Crippen molar-refractivity contribution in [3.05, 3.63) is 132 Å². The fraction of sp³-hybridized carbons (Fsp3) is 0.0333. The number of para-hydroxylation sites is 3. The molecule has 6 rings (SSSR count). The third-order valence-corrected chi connectivity index (χ3v) is 8.68. The third-order valence-electron chi connectivity index (χ3n) is 5.97. The van der Waals surface area contributed by atoms with Crippen LogP contribution >= 0.6 is 23.5 Å². The molecule has 38 heavy (non-hydrogen) atoms. The first-order valence-corrected chi connectivity index (χ1v) is 13.6. The molecule has 2 amide bonds. The maximum atomic E-state index is 14.1. The number of nitrogens with zero attached hydrogens (tertiary/aromatic N) is 3. The van der Waals surface area contributed by atoms with Crippen molar-refractivity contribution in [2.45, 2.75) is 4.33 Å². The highest BCUT2D eigenvalue weighted by Gasteiger charge is 2.60. The molecule has 1 saturated heterocycles. The summed E-state index contributed by atoms with van der Waals surface area (Å²) in [5.74, 6) is -0.487. The van der Waals surface area contributed by atoms with E-state index in [2.05, 4.69) is 5.32 Å². The maximum absolute atomic E-state index is 14.1. The monoisotopic (exact) mass is 534 g/mol. The summed E-state index contributed by atoms with van der Waals surface area (Å²) in [4.78, 5) is 29.8. The first-order valence-electron chi connectivity index (χ1n) is 12.0. The van der Waals surface area contributed by atoms with Gasteiger partial charge in [0.05, 0.1) is 10.6 Å². The van der Waals surface area contributed by atoms with Crippen LogP contribution in [-0.2, 0) is 9.59 Å². The van der Waals surface area contributed by atoms with E-state index in [1.54, 1.807) is 9.91 Å². The molecule has 1 atom stereocenters. The molecule has 4 aromatic rings. The Kier molecular flexibility index (Phi) is 6.49. The summed E-state index contributed by atoms with van der Waals surface area (Å²) >= 11 is 2.65. The lowest BCUT2D eigenvalue weighted by Gasteiger charge is -2.38. The van der Waals surface area contributed by atoms with Gasteiger partial charge in [0.15, 0.2) is 5.04 Å². The fourth-order valence-corrected chi connectivity index (χ4v) is 7.13. The van der Waals surface area contributed by atoms with E-state index < -0.39 is 4.33 Å². The smallest absolute Gasteiger partial charge is 0.282 e. The average Bonchev–Trinajstić information content (AvgIpc) is 3.47. The van der Waals surface area contributed by atoms with Crippen LogP contribution in [0.5, 0.6) is 0 Å². The van der Waals surface area contributed by atoms with Crippen molar-refractivity contribution in [1.82, 2.24) is 0 Å². The summed E-state index contributed by atoms with van der Waals surface area (Å²) < 4.78 is -1.08. The summed E-state index contributed by atoms with van der Waals surface area (Å²) in [7, 11) is 0. The Labute approximate surface area is 229 Å². The van der Waals surface area contributed by atoms with Crippen molar-refractivity contribution >= 4 is 63.5 Å². The van der Waals surface area contributed by atoms with Crippen LogP contribution < -0.4 is 15.2 Å². The third kappa shape index (κ3) is 4.49. The Hall–Kier alpha value is -4.27. The van der Waals surface area contributed by atoms with Crippen molar-refractivity contribution in [2.75, 3.05) is 15.2 Å². The Morgan fingerprint density at radius 3 is 1.92 bits per heavy atom. The molecule has 1 N–H and O–H groups in total. The van der Waals surface area contributed by atoms with Gasteiger partial charge in [-0.25, -0.2) is 5.01 Å². The number of amides is 2. The normalized spacial score (nSPS) is 19.7. The largest absolute Gasteiger partial charge is 0.320 e. The molecule has 4 aromatic carbocycles. The van der Waals surface area contributed by atoms with Gasteiger partial charge in [-0.1, -0.05) is 96.7 Å². The first-order chi connectivity index (χ1) is 18.6. The fourth-order valence-electron chi connectivity index (χ4n) is 4.26. The van der Waals surface area contributed by atoms with Gasteiger partial charge in [-0.2, -0.15) is 5.10 Å². The Bertz CT molecular complexity index is 1530. The molecule has 8 heteroatoms. The van der Waals surface area contributed by atoms with E-state index in [1.807, 2.05) is 127 Å². The number of hydrogen-bond donors (Lipinski definition) is 1. The molecule has 0 saturated carbocycles. The molecule has 0 bridgehead atoms. The predicted octanol–water partition coefficient (Wildman–Crippen LogP) is 6.62. The van der Waals surface area contributed by atoms with Gasteiger partial charge in [-0.05, 0) is 59.8 Å². The van der Waals surface area contributed by atoms with Crippen LogP contribution in [0.25, 0.3) is 6.08 Å². The van der Waals surface area contributed by atoms with Gasteiger partial charge >= 0.3 is 0 Å². The van der Waals surface area contributed by atoms with Gasteiger partial charge in [0, 0.05) is 11.4 Å². The van der Waals surface area contributed by atoms with Crippen LogP contribution in [0.3, 0.4) is 0 Å². The first kappa shape index (κ1) is 24.1. The number of rotatable bonds is 5. The van der Waals surface area contributed by atoms with Gasteiger partial charge in [-0.15, -0.1) is 0 Å². The van der Waals surface area contributed by atoms with Crippen molar-refractivity contribution in [2.24, 2.45) is 5.10 Å². The molecule has 2 aliphatic heterocycles. The van der Waals surface area contributed by atoms with Crippen molar-refractivity contribution in [3.8, 4) is 0 Å². The number of carbonyl (C=O) groups is 2. The van der Waals surface area contributed by atoms with E-state index in [9.17, 15) is 9.59 Å². The van der Waals surface area contributed by atoms with Crippen LogP contribution in [0.2, 0.25) is 0 Å². The summed E-state index contributed by atoms with van der Waals surface area (Å²) in [6.45, 7) is 0. The molecule has 6 nitrogen and oxygen atoms in total. The lowest BCUT2D eigenvalue weighted by Crippen LogP contribution is -2.51. The van der Waals surface area contributed by atoms with Crippen LogP contribution in [0.1, 0.15) is 5.56 Å². The number of thioether (sulfide) groups is 2. The Balaban J connectivity index is 1.46. The van der Waals surface area contributed by atoms with Crippen molar-refractivity contribution in [3.63, 3.8) is 0 Å². The van der Waals surface area contributed by atoms with Crippen LogP contribution in [0, 0.1) is 0 Å². The molecular formula is C30H22N4O2S2. The predicted molar refractivity (Wildman–Crippen MR) is 158 cm³/mol. The van der Waals surface area contributed by atoms with E-state index in [1.165, 1.54) is 23.5 Å². The topological polar surface area (TPSA) is 65.0 Å². The maximum Gasteiger partial charge on any atom is 0.282 e. The van der Waals surface area contributed by atoms with Gasteiger partial charge in [0.1, 0.15) is 0 Å². The van der Waals surface area contributed by atoms with Crippen LogP contribution in [-0.4, -0.2) is 21.2 Å². The highest BCUT2D eigenvalue weighted by molar-refractivity contribution is 8.29. The highest BCUT2D eigenvalue weighted by Crippen LogP contribution is 2.59. The molecule has 2 heterocycles. The molecule has 0 aromatic heterocycles. The zero-order chi connectivity index (χ0) is 26.0. The molecule has 1 unspecified atom stereocenters. The molecule has 1 spiro atoms. The molecule has 186 valence electrons. The number of anilines is 3. The summed E-state index contributed by atoms with van der Waals surface area (Å²) in [5.41, 5.74) is 3.08. The van der Waals surface area contributed by atoms with Gasteiger partial charge in [-0.3, -0.25) is 14.5 Å². The number of benzene rings is 4. The van der Waals surface area contributed by atoms with Crippen molar-refractivity contribution < 1.29 is 9.59 Å². The van der Waals surface area contributed by atoms with E-state index in [-0.39, 0.29) is 16.9 Å². The van der Waals surface area contributed by atoms with E-state index in [0.717, 1.165) is 16.9 Å². The van der Waals surface area contributed by atoms with E-state index in [0.29, 0.717) is 10.6 Å². The minimum absolute atomic E-state index is 0.154. The van der Waals surface area contributed by atoms with Crippen LogP contribution in [0.15, 0.2) is 131 Å². The number of carbonyl (C=O) groups excluding carboxylic acids is 2. The van der Waals surface area contributed by atoms with Crippen molar-refractivity contribution in [1.29, 1.82) is 0 Å². The second kappa shape index (κ2) is 10.2. The van der Waals surface area contributed by atoms with Crippen LogP contribution in [0.4, 0.5) is 17.1 Å². The molecule has 1 fully saturated rings. The summed E-state index contributed by atoms with van der Waals surface area (Å²) in [6.07, 6.45) is 1.89. The quantitative estimate of drug-likeness (QED) is 0.291. The minimum atomic E-state index is -1.08. The number of hydrazone groups is 1. The highest BCUT2D eigenvalue weighted by atomic mass is 32.2. The van der Waals surface area contributed by atoms with Gasteiger partial charge in [0.2, 0.25) is 4.33 Å². The average molecular weight is 535 g/mol. The molecule has 0 radical (unpaired) electrons. The van der Waals surface area contributed by atoms with E-state index in [4.69, 9.17) is 5.10 Å². The summed E-state index contributed by atoms with van der Waals surface area (Å²) in [6, 6.07) is 38.1. The lowest BCUT2D eigenvalue weighted by atomic mass is 10.2. The SMILES string of the molecule is O=C(Nc1ccccc1)C1=NN(c2ccccc2)C2(S1)S/C(=C\c1ccccc1)C(=O)N2c1ccccc1. The second-order valence-corrected chi connectivity index (χ2v) is 11.2. The lowest BCUT2D eigenvalue weighted by molar-refractivity contribution is -0.114. The summed E-state index contributed by atoms with van der Waals surface area (Å²) in [5, 5.41) is 9.78. The Morgan fingerprint density at radius 2 is 1.29 bits per heavy atom. The number of nitrogens with one attached hydrogen (secondary N) is 1. The second-order valence-electron chi connectivity index (χ2n) is 8.52. The molecule has 2 aliphatic rings. The van der Waals surface area contributed by atoms with E-state index >= 15 is 0 Å². The standard InChI is InChI=1S/C30H22N4O2S2/c35-27(31-23-15-7-2-8-16-23)28-32-34(25-19-11-4-12-20-25)30(38-28)33(24-17-9-3-10-18-24)29(36)26(37-30)21-22-13-5-1-6-14-22/h1-21H,(H,31,35)/b26-21-. The zero-order valence-corrected chi connectivity index (χ0v) is 21.7. The molecular weight excluding hydrogens is 512 g/mol. The van der Waals surface area contributed by atoms with Gasteiger partial charge in [0.25, 0.3) is 11.8 Å². The van der Waals surface area contributed by atoms with Gasteiger partial charge < -0.3 is 5.32 Å². The minimum Gasteiger partial charge on any atom is -0.320 e.